The standard InChI is InChI=1S/C16H15ClN2O/c17-11-16(18)19-14-9-5-4-8-13(14)15(20)10-12-6-2-1-3-7-12/h1-9H,10-11H2,(H2,18,19). The van der Waals surface area contributed by atoms with Crippen LogP contribution >= 0.6 is 11.6 Å². The van der Waals surface area contributed by atoms with Gasteiger partial charge in [-0.05, 0) is 17.7 Å². The highest BCUT2D eigenvalue weighted by Gasteiger charge is 2.11. The first kappa shape index (κ1) is 14.3. The molecule has 2 aromatic carbocycles. The number of amidine groups is 1. The van der Waals surface area contributed by atoms with Crippen LogP contribution in [-0.2, 0) is 6.42 Å². The van der Waals surface area contributed by atoms with Crippen LogP contribution in [0.15, 0.2) is 59.6 Å². The highest BCUT2D eigenvalue weighted by Crippen LogP contribution is 2.20. The van der Waals surface area contributed by atoms with Gasteiger partial charge < -0.3 is 5.73 Å². The third-order valence-corrected chi connectivity index (χ3v) is 3.09. The minimum absolute atomic E-state index is 0.0120. The summed E-state index contributed by atoms with van der Waals surface area (Å²) in [4.78, 5) is 16.5. The Hall–Kier alpha value is -2.13. The fourth-order valence-corrected chi connectivity index (χ4v) is 1.93. The van der Waals surface area contributed by atoms with Crippen molar-refractivity contribution < 1.29 is 4.79 Å². The van der Waals surface area contributed by atoms with Crippen molar-refractivity contribution in [1.29, 1.82) is 0 Å². The Morgan fingerprint density at radius 1 is 1.05 bits per heavy atom. The van der Waals surface area contributed by atoms with E-state index in [2.05, 4.69) is 4.99 Å². The van der Waals surface area contributed by atoms with E-state index in [-0.39, 0.29) is 11.7 Å². The van der Waals surface area contributed by atoms with E-state index in [4.69, 9.17) is 17.3 Å². The number of nitrogens with zero attached hydrogens (tertiary/aromatic N) is 1. The molecular weight excluding hydrogens is 272 g/mol. The minimum atomic E-state index is 0.0120. The molecule has 0 saturated heterocycles. The lowest BCUT2D eigenvalue weighted by Crippen LogP contribution is -2.13. The summed E-state index contributed by atoms with van der Waals surface area (Å²) in [5.74, 6) is 0.450. The van der Waals surface area contributed by atoms with Crippen molar-refractivity contribution in [3.8, 4) is 0 Å². The van der Waals surface area contributed by atoms with Gasteiger partial charge in [-0.15, -0.1) is 11.6 Å². The molecular formula is C16H15ClN2O. The van der Waals surface area contributed by atoms with Crippen molar-refractivity contribution in [3.05, 3.63) is 65.7 Å². The SMILES string of the molecule is NC(CCl)=Nc1ccccc1C(=O)Cc1ccccc1. The minimum Gasteiger partial charge on any atom is -0.386 e. The summed E-state index contributed by atoms with van der Waals surface area (Å²) < 4.78 is 0. The number of carbonyl (C=O) groups is 1. The van der Waals surface area contributed by atoms with E-state index in [0.717, 1.165) is 5.56 Å². The van der Waals surface area contributed by atoms with Crippen molar-refractivity contribution in [3.63, 3.8) is 0 Å². The second kappa shape index (κ2) is 6.87. The zero-order valence-electron chi connectivity index (χ0n) is 10.9. The van der Waals surface area contributed by atoms with E-state index in [0.29, 0.717) is 23.5 Å². The van der Waals surface area contributed by atoms with Gasteiger partial charge >= 0.3 is 0 Å². The second-order valence-corrected chi connectivity index (χ2v) is 4.61. The lowest BCUT2D eigenvalue weighted by atomic mass is 10.0. The number of alkyl halides is 1. The maximum Gasteiger partial charge on any atom is 0.169 e. The van der Waals surface area contributed by atoms with Crippen LogP contribution in [0.2, 0.25) is 0 Å². The summed E-state index contributed by atoms with van der Waals surface area (Å²) >= 11 is 5.62. The largest absolute Gasteiger partial charge is 0.386 e. The van der Waals surface area contributed by atoms with Crippen LogP contribution in [0.3, 0.4) is 0 Å². The van der Waals surface area contributed by atoms with Crippen LogP contribution in [0, 0.1) is 0 Å². The van der Waals surface area contributed by atoms with Gasteiger partial charge in [-0.25, -0.2) is 4.99 Å². The Balaban J connectivity index is 2.26. The van der Waals surface area contributed by atoms with E-state index >= 15 is 0 Å². The molecule has 0 heterocycles. The van der Waals surface area contributed by atoms with Gasteiger partial charge in [0.25, 0.3) is 0 Å². The van der Waals surface area contributed by atoms with E-state index in [1.807, 2.05) is 42.5 Å². The zero-order valence-corrected chi connectivity index (χ0v) is 11.7. The van der Waals surface area contributed by atoms with Gasteiger partial charge in [-0.3, -0.25) is 4.79 Å². The maximum absolute atomic E-state index is 12.4. The van der Waals surface area contributed by atoms with Gasteiger partial charge in [0.2, 0.25) is 0 Å². The summed E-state index contributed by atoms with van der Waals surface area (Å²) in [6.07, 6.45) is 0.341. The Bertz CT molecular complexity index is 623. The zero-order chi connectivity index (χ0) is 14.4. The molecule has 102 valence electrons. The number of carbonyl (C=O) groups excluding carboxylic acids is 1. The molecule has 0 aromatic heterocycles. The number of hydrogen-bond acceptors (Lipinski definition) is 2. The molecule has 20 heavy (non-hydrogen) atoms. The van der Waals surface area contributed by atoms with E-state index < -0.39 is 0 Å². The third kappa shape index (κ3) is 3.68. The number of ketones is 1. The lowest BCUT2D eigenvalue weighted by molar-refractivity contribution is 0.0993. The van der Waals surface area contributed by atoms with Gasteiger partial charge in [0.05, 0.1) is 11.6 Å². The van der Waals surface area contributed by atoms with E-state index in [1.54, 1.807) is 12.1 Å². The highest BCUT2D eigenvalue weighted by atomic mass is 35.5. The maximum atomic E-state index is 12.4. The van der Waals surface area contributed by atoms with Crippen LogP contribution in [0.5, 0.6) is 0 Å². The molecule has 0 unspecified atom stereocenters. The van der Waals surface area contributed by atoms with E-state index in [9.17, 15) is 4.79 Å². The molecule has 4 heteroatoms. The molecule has 0 aliphatic rings. The average molecular weight is 287 g/mol. The van der Waals surface area contributed by atoms with Crippen molar-refractivity contribution >= 4 is 28.9 Å². The van der Waals surface area contributed by atoms with Gasteiger partial charge in [-0.2, -0.15) is 0 Å². The van der Waals surface area contributed by atoms with Gasteiger partial charge in [0.1, 0.15) is 5.84 Å². The van der Waals surface area contributed by atoms with Gasteiger partial charge in [-0.1, -0.05) is 42.5 Å². The molecule has 2 N–H and O–H groups in total. The Morgan fingerprint density at radius 3 is 2.40 bits per heavy atom. The van der Waals surface area contributed by atoms with Crippen LogP contribution in [0.1, 0.15) is 15.9 Å². The van der Waals surface area contributed by atoms with Crippen molar-refractivity contribution in [2.45, 2.75) is 6.42 Å². The predicted octanol–water partition coefficient (Wildman–Crippen LogP) is 3.34. The molecule has 0 aliphatic carbocycles. The van der Waals surface area contributed by atoms with Crippen LogP contribution < -0.4 is 5.73 Å². The number of aliphatic imine (C=N–C) groups is 1. The molecule has 0 spiro atoms. The topological polar surface area (TPSA) is 55.4 Å². The quantitative estimate of drug-likeness (QED) is 0.397. The summed E-state index contributed by atoms with van der Waals surface area (Å²) in [6, 6.07) is 16.8. The number of nitrogens with two attached hydrogens (primary N) is 1. The Labute approximate surface area is 123 Å². The highest BCUT2D eigenvalue weighted by molar-refractivity contribution is 6.28. The number of para-hydroxylation sites is 1. The number of Topliss-reactive ketones (excluding diaryl/α,β-unsaturated/α-hetero) is 1. The van der Waals surface area contributed by atoms with Crippen molar-refractivity contribution in [1.82, 2.24) is 0 Å². The lowest BCUT2D eigenvalue weighted by Gasteiger charge is -2.05. The summed E-state index contributed by atoms with van der Waals surface area (Å²) in [5, 5.41) is 0. The molecule has 3 nitrogen and oxygen atoms in total. The third-order valence-electron chi connectivity index (χ3n) is 2.81. The first-order chi connectivity index (χ1) is 9.70. The van der Waals surface area contributed by atoms with Crippen LogP contribution in [-0.4, -0.2) is 17.5 Å². The molecule has 0 bridgehead atoms. The molecule has 0 saturated carbocycles. The molecule has 0 amide bonds. The normalized spacial score (nSPS) is 11.3. The van der Waals surface area contributed by atoms with Gasteiger partial charge in [0, 0.05) is 12.0 Å². The average Bonchev–Trinajstić information content (AvgIpc) is 2.48. The first-order valence-electron chi connectivity index (χ1n) is 6.26. The number of halogens is 1. The number of benzene rings is 2. The fourth-order valence-electron chi connectivity index (χ4n) is 1.87. The molecule has 2 aromatic rings. The number of hydrogen-bond donors (Lipinski definition) is 1. The molecule has 2 rings (SSSR count). The monoisotopic (exact) mass is 286 g/mol. The second-order valence-electron chi connectivity index (χ2n) is 4.34. The van der Waals surface area contributed by atoms with E-state index in [1.165, 1.54) is 0 Å². The Morgan fingerprint density at radius 2 is 1.70 bits per heavy atom. The molecule has 0 atom stereocenters. The van der Waals surface area contributed by atoms with Gasteiger partial charge in [0.15, 0.2) is 5.78 Å². The fraction of sp³-hybridized carbons (Fsp3) is 0.125. The molecule has 0 fully saturated rings. The van der Waals surface area contributed by atoms with Crippen molar-refractivity contribution in [2.75, 3.05) is 5.88 Å². The summed E-state index contributed by atoms with van der Waals surface area (Å²) in [6.45, 7) is 0. The first-order valence-corrected chi connectivity index (χ1v) is 6.79. The molecule has 0 aliphatic heterocycles. The van der Waals surface area contributed by atoms with Crippen LogP contribution in [0.25, 0.3) is 0 Å². The predicted molar refractivity (Wildman–Crippen MR) is 82.9 cm³/mol. The number of rotatable bonds is 5. The smallest absolute Gasteiger partial charge is 0.169 e. The van der Waals surface area contributed by atoms with Crippen LogP contribution in [0.4, 0.5) is 5.69 Å². The van der Waals surface area contributed by atoms with Crippen molar-refractivity contribution in [2.24, 2.45) is 10.7 Å². The summed E-state index contributed by atoms with van der Waals surface area (Å²) in [7, 11) is 0. The molecule has 0 radical (unpaired) electrons. The summed E-state index contributed by atoms with van der Waals surface area (Å²) in [5.41, 5.74) is 7.73. The Kier molecular flexibility index (Phi) is 4.91.